The van der Waals surface area contributed by atoms with Crippen molar-refractivity contribution in [2.24, 2.45) is 0 Å². The number of nitrogens with one attached hydrogen (secondary N) is 1. The molecule has 106 valence electrons. The zero-order valence-corrected chi connectivity index (χ0v) is 13.1. The highest BCUT2D eigenvalue weighted by Gasteiger charge is 2.22. The average molecular weight is 330 g/mol. The lowest BCUT2D eigenvalue weighted by atomic mass is 9.99. The van der Waals surface area contributed by atoms with Gasteiger partial charge in [0, 0.05) is 18.3 Å². The lowest BCUT2D eigenvalue weighted by Gasteiger charge is -2.31. The highest BCUT2D eigenvalue weighted by atomic mass is 79.9. The number of halogens is 2. The lowest BCUT2D eigenvalue weighted by Crippen LogP contribution is -2.34. The van der Waals surface area contributed by atoms with E-state index >= 15 is 0 Å². The first-order valence-electron chi connectivity index (χ1n) is 6.94. The molecule has 1 N–H and O–H groups in total. The Bertz CT molecular complexity index is 436. The van der Waals surface area contributed by atoms with Gasteiger partial charge in [-0.25, -0.2) is 4.39 Å². The summed E-state index contributed by atoms with van der Waals surface area (Å²) >= 11 is 3.21. The van der Waals surface area contributed by atoms with Gasteiger partial charge in [0.05, 0.1) is 10.6 Å². The first-order chi connectivity index (χ1) is 9.10. The van der Waals surface area contributed by atoms with Crippen LogP contribution in [0.2, 0.25) is 0 Å². The third kappa shape index (κ3) is 3.93. The molecule has 4 heteroatoms. The van der Waals surface area contributed by atoms with Gasteiger partial charge in [-0.15, -0.1) is 0 Å². The quantitative estimate of drug-likeness (QED) is 0.867. The van der Waals surface area contributed by atoms with Crippen molar-refractivity contribution in [1.29, 1.82) is 0 Å². The second kappa shape index (κ2) is 6.71. The van der Waals surface area contributed by atoms with Gasteiger partial charge in [-0.1, -0.05) is 13.3 Å². The molecule has 1 aromatic carbocycles. The summed E-state index contributed by atoms with van der Waals surface area (Å²) in [7, 11) is 0. The normalized spacial score (nSPS) is 23.4. The van der Waals surface area contributed by atoms with Gasteiger partial charge in [-0.05, 0) is 59.8 Å². The molecule has 1 saturated heterocycles. The van der Waals surface area contributed by atoms with Crippen LogP contribution in [-0.4, -0.2) is 18.8 Å². The standard InChI is InChI=1S/C15H21BrFNO/c1-3-4-12-8-11(5-6-19-12)18-15-9-14(17)13(16)7-10(15)2/h7,9,11-12,18H,3-6,8H2,1-2H3. The maximum absolute atomic E-state index is 13.6. The zero-order chi connectivity index (χ0) is 13.8. The summed E-state index contributed by atoms with van der Waals surface area (Å²) in [5.74, 6) is -0.217. The Morgan fingerprint density at radius 3 is 3.00 bits per heavy atom. The van der Waals surface area contributed by atoms with Crippen molar-refractivity contribution in [3.63, 3.8) is 0 Å². The molecule has 19 heavy (non-hydrogen) atoms. The van der Waals surface area contributed by atoms with Crippen LogP contribution in [0.4, 0.5) is 10.1 Å². The highest BCUT2D eigenvalue weighted by Crippen LogP contribution is 2.27. The van der Waals surface area contributed by atoms with Crippen molar-refractivity contribution in [3.05, 3.63) is 28.0 Å². The van der Waals surface area contributed by atoms with E-state index in [1.54, 1.807) is 6.07 Å². The zero-order valence-electron chi connectivity index (χ0n) is 11.5. The Balaban J connectivity index is 2.02. The maximum atomic E-state index is 13.6. The Hall–Kier alpha value is -0.610. The number of ether oxygens (including phenoxy) is 1. The first-order valence-corrected chi connectivity index (χ1v) is 7.73. The van der Waals surface area contributed by atoms with Crippen molar-refractivity contribution in [1.82, 2.24) is 0 Å². The lowest BCUT2D eigenvalue weighted by molar-refractivity contribution is 0.00597. The van der Waals surface area contributed by atoms with E-state index in [-0.39, 0.29) is 5.82 Å². The molecule has 0 aromatic heterocycles. The van der Waals surface area contributed by atoms with Crippen LogP contribution in [0, 0.1) is 12.7 Å². The minimum atomic E-state index is -0.217. The van der Waals surface area contributed by atoms with Crippen LogP contribution in [0.15, 0.2) is 16.6 Å². The number of hydrogen-bond donors (Lipinski definition) is 1. The van der Waals surface area contributed by atoms with E-state index in [0.717, 1.165) is 43.5 Å². The molecule has 0 bridgehead atoms. The van der Waals surface area contributed by atoms with Gasteiger partial charge in [0.25, 0.3) is 0 Å². The van der Waals surface area contributed by atoms with Crippen LogP contribution in [0.3, 0.4) is 0 Å². The predicted molar refractivity (Wildman–Crippen MR) is 80.1 cm³/mol. The van der Waals surface area contributed by atoms with Crippen LogP contribution in [0.1, 0.15) is 38.2 Å². The SMILES string of the molecule is CCCC1CC(Nc2cc(F)c(Br)cc2C)CCO1. The number of benzene rings is 1. The van der Waals surface area contributed by atoms with Crippen LogP contribution >= 0.6 is 15.9 Å². The van der Waals surface area contributed by atoms with Gasteiger partial charge in [0.1, 0.15) is 5.82 Å². The summed E-state index contributed by atoms with van der Waals surface area (Å²) in [6, 6.07) is 3.77. The van der Waals surface area contributed by atoms with Crippen LogP contribution in [0.5, 0.6) is 0 Å². The Kier molecular flexibility index (Phi) is 5.22. The van der Waals surface area contributed by atoms with Gasteiger partial charge >= 0.3 is 0 Å². The molecule has 1 fully saturated rings. The molecule has 0 radical (unpaired) electrons. The third-order valence-corrected chi connectivity index (χ3v) is 4.21. The second-order valence-corrected chi connectivity index (χ2v) is 6.08. The topological polar surface area (TPSA) is 21.3 Å². The van der Waals surface area contributed by atoms with Crippen molar-refractivity contribution in [2.75, 3.05) is 11.9 Å². The Labute approximate surface area is 122 Å². The molecule has 1 aliphatic heterocycles. The van der Waals surface area contributed by atoms with E-state index in [9.17, 15) is 4.39 Å². The summed E-state index contributed by atoms with van der Waals surface area (Å²) in [5.41, 5.74) is 1.95. The summed E-state index contributed by atoms with van der Waals surface area (Å²) in [6.45, 7) is 4.96. The van der Waals surface area contributed by atoms with Gasteiger partial charge in [0.2, 0.25) is 0 Å². The van der Waals surface area contributed by atoms with Gasteiger partial charge in [-0.2, -0.15) is 0 Å². The number of anilines is 1. The third-order valence-electron chi connectivity index (χ3n) is 3.60. The summed E-state index contributed by atoms with van der Waals surface area (Å²) in [5, 5.41) is 3.46. The number of hydrogen-bond acceptors (Lipinski definition) is 2. The van der Waals surface area contributed by atoms with Gasteiger partial charge in [0.15, 0.2) is 0 Å². The summed E-state index contributed by atoms with van der Waals surface area (Å²) in [4.78, 5) is 0. The minimum Gasteiger partial charge on any atom is -0.382 e. The molecule has 2 unspecified atom stereocenters. The maximum Gasteiger partial charge on any atom is 0.139 e. The Morgan fingerprint density at radius 1 is 1.47 bits per heavy atom. The molecular weight excluding hydrogens is 309 g/mol. The minimum absolute atomic E-state index is 0.217. The average Bonchev–Trinajstić information content (AvgIpc) is 2.37. The van der Waals surface area contributed by atoms with E-state index in [4.69, 9.17) is 4.74 Å². The fourth-order valence-electron chi connectivity index (χ4n) is 2.56. The van der Waals surface area contributed by atoms with Crippen LogP contribution < -0.4 is 5.32 Å². The number of rotatable bonds is 4. The molecule has 0 spiro atoms. The predicted octanol–water partition coefficient (Wildman–Crippen LogP) is 4.66. The number of aryl methyl sites for hydroxylation is 1. The molecule has 1 heterocycles. The summed E-state index contributed by atoms with van der Waals surface area (Å²) in [6.07, 6.45) is 4.58. The van der Waals surface area contributed by atoms with Crippen molar-refractivity contribution < 1.29 is 9.13 Å². The molecular formula is C15H21BrFNO. The molecule has 0 amide bonds. The summed E-state index contributed by atoms with van der Waals surface area (Å²) < 4.78 is 19.9. The molecule has 1 aliphatic rings. The van der Waals surface area contributed by atoms with E-state index in [1.807, 2.05) is 13.0 Å². The van der Waals surface area contributed by atoms with Crippen LogP contribution in [0.25, 0.3) is 0 Å². The molecule has 2 nitrogen and oxygen atoms in total. The van der Waals surface area contributed by atoms with Gasteiger partial charge in [-0.3, -0.25) is 0 Å². The monoisotopic (exact) mass is 329 g/mol. The highest BCUT2D eigenvalue weighted by molar-refractivity contribution is 9.10. The van der Waals surface area contributed by atoms with E-state index < -0.39 is 0 Å². The van der Waals surface area contributed by atoms with E-state index in [0.29, 0.717) is 16.6 Å². The van der Waals surface area contributed by atoms with Crippen molar-refractivity contribution >= 4 is 21.6 Å². The molecule has 0 saturated carbocycles. The Morgan fingerprint density at radius 2 is 2.26 bits per heavy atom. The fourth-order valence-corrected chi connectivity index (χ4v) is 3.01. The molecule has 0 aliphatic carbocycles. The van der Waals surface area contributed by atoms with E-state index in [2.05, 4.69) is 28.2 Å². The van der Waals surface area contributed by atoms with Crippen LogP contribution in [-0.2, 0) is 4.74 Å². The smallest absolute Gasteiger partial charge is 0.139 e. The van der Waals surface area contributed by atoms with Crippen molar-refractivity contribution in [2.45, 2.75) is 51.7 Å². The fraction of sp³-hybridized carbons (Fsp3) is 0.600. The molecule has 1 aromatic rings. The van der Waals surface area contributed by atoms with Crippen molar-refractivity contribution in [3.8, 4) is 0 Å². The molecule has 2 rings (SSSR count). The molecule has 2 atom stereocenters. The largest absolute Gasteiger partial charge is 0.382 e. The van der Waals surface area contributed by atoms with E-state index in [1.165, 1.54) is 0 Å². The first kappa shape index (κ1) is 14.8. The second-order valence-electron chi connectivity index (χ2n) is 5.23. The van der Waals surface area contributed by atoms with Gasteiger partial charge < -0.3 is 10.1 Å².